The number of aliphatic hydroxyl groups is 1. The highest BCUT2D eigenvalue weighted by atomic mass is 16.3. The lowest BCUT2D eigenvalue weighted by molar-refractivity contribution is -0.0396. The van der Waals surface area contributed by atoms with Gasteiger partial charge in [-0.2, -0.15) is 0 Å². The standard InChI is InChI=1S/C10H21NO/c1-9(2,3)10(4,12)7-11-8-5-6-8/h8,11-12H,5-7H2,1-4H3. The molecule has 0 bridgehead atoms. The van der Waals surface area contributed by atoms with Crippen LogP contribution in [0.5, 0.6) is 0 Å². The van der Waals surface area contributed by atoms with Crippen LogP contribution >= 0.6 is 0 Å². The fourth-order valence-corrected chi connectivity index (χ4v) is 0.896. The minimum atomic E-state index is -0.602. The monoisotopic (exact) mass is 171 g/mol. The lowest BCUT2D eigenvalue weighted by atomic mass is 9.78. The van der Waals surface area contributed by atoms with Crippen LogP contribution in [-0.4, -0.2) is 23.3 Å². The van der Waals surface area contributed by atoms with Crippen LogP contribution in [0, 0.1) is 5.41 Å². The van der Waals surface area contributed by atoms with E-state index in [2.05, 4.69) is 26.1 Å². The maximum atomic E-state index is 10.1. The number of rotatable bonds is 3. The van der Waals surface area contributed by atoms with Crippen molar-refractivity contribution >= 4 is 0 Å². The Morgan fingerprint density at radius 3 is 2.08 bits per heavy atom. The van der Waals surface area contributed by atoms with Crippen molar-refractivity contribution in [3.8, 4) is 0 Å². The first kappa shape index (κ1) is 10.0. The molecule has 1 unspecified atom stereocenters. The first-order valence-electron chi connectivity index (χ1n) is 4.79. The Balaban J connectivity index is 2.35. The molecule has 1 aliphatic carbocycles. The minimum Gasteiger partial charge on any atom is -0.388 e. The topological polar surface area (TPSA) is 32.3 Å². The second kappa shape index (κ2) is 3.00. The van der Waals surface area contributed by atoms with Crippen LogP contribution in [0.3, 0.4) is 0 Å². The summed E-state index contributed by atoms with van der Waals surface area (Å²) in [6.07, 6.45) is 2.56. The molecule has 0 amide bonds. The molecule has 0 radical (unpaired) electrons. The SMILES string of the molecule is CC(C)(C)C(C)(O)CNC1CC1. The zero-order valence-corrected chi connectivity index (χ0v) is 8.65. The molecule has 1 rings (SSSR count). The van der Waals surface area contributed by atoms with E-state index in [4.69, 9.17) is 0 Å². The van der Waals surface area contributed by atoms with Crippen molar-refractivity contribution in [2.75, 3.05) is 6.54 Å². The second-order valence-electron chi connectivity index (χ2n) is 5.18. The number of hydrogen-bond acceptors (Lipinski definition) is 2. The molecule has 0 aromatic carbocycles. The summed E-state index contributed by atoms with van der Waals surface area (Å²) in [4.78, 5) is 0. The minimum absolute atomic E-state index is 0.0467. The van der Waals surface area contributed by atoms with Crippen molar-refractivity contribution < 1.29 is 5.11 Å². The molecule has 0 aromatic rings. The maximum absolute atomic E-state index is 10.1. The third kappa shape index (κ3) is 2.46. The van der Waals surface area contributed by atoms with Crippen molar-refractivity contribution in [2.24, 2.45) is 5.41 Å². The van der Waals surface area contributed by atoms with Gasteiger partial charge in [0.2, 0.25) is 0 Å². The van der Waals surface area contributed by atoms with E-state index in [0.29, 0.717) is 12.6 Å². The van der Waals surface area contributed by atoms with Gasteiger partial charge in [0.25, 0.3) is 0 Å². The van der Waals surface area contributed by atoms with Crippen molar-refractivity contribution in [3.63, 3.8) is 0 Å². The fraction of sp³-hybridized carbons (Fsp3) is 1.00. The Morgan fingerprint density at radius 2 is 1.75 bits per heavy atom. The van der Waals surface area contributed by atoms with Crippen LogP contribution in [0.25, 0.3) is 0 Å². The van der Waals surface area contributed by atoms with E-state index in [0.717, 1.165) is 0 Å². The molecule has 0 aromatic heterocycles. The molecule has 1 fully saturated rings. The molecule has 2 N–H and O–H groups in total. The average Bonchev–Trinajstić information content (AvgIpc) is 2.62. The molecule has 0 saturated heterocycles. The van der Waals surface area contributed by atoms with E-state index in [1.807, 2.05) is 6.92 Å². The highest BCUT2D eigenvalue weighted by Gasteiger charge is 2.36. The van der Waals surface area contributed by atoms with Crippen LogP contribution in [0.2, 0.25) is 0 Å². The summed E-state index contributed by atoms with van der Waals surface area (Å²) in [6.45, 7) is 8.83. The Bertz CT molecular complexity index is 154. The third-order valence-corrected chi connectivity index (χ3v) is 2.93. The van der Waals surface area contributed by atoms with Crippen LogP contribution in [-0.2, 0) is 0 Å². The van der Waals surface area contributed by atoms with Gasteiger partial charge in [-0.25, -0.2) is 0 Å². The zero-order chi connectivity index (χ0) is 9.41. The van der Waals surface area contributed by atoms with Gasteiger partial charge < -0.3 is 10.4 Å². The molecule has 0 aliphatic heterocycles. The third-order valence-electron chi connectivity index (χ3n) is 2.93. The van der Waals surface area contributed by atoms with Gasteiger partial charge >= 0.3 is 0 Å². The van der Waals surface area contributed by atoms with E-state index < -0.39 is 5.60 Å². The van der Waals surface area contributed by atoms with E-state index in [-0.39, 0.29) is 5.41 Å². The Morgan fingerprint density at radius 1 is 1.25 bits per heavy atom. The Kier molecular flexibility index (Phi) is 2.50. The summed E-state index contributed by atoms with van der Waals surface area (Å²) in [5.41, 5.74) is -0.648. The number of hydrogen-bond donors (Lipinski definition) is 2. The van der Waals surface area contributed by atoms with Crippen LogP contribution < -0.4 is 5.32 Å². The van der Waals surface area contributed by atoms with Gasteiger partial charge in [0.15, 0.2) is 0 Å². The summed E-state index contributed by atoms with van der Waals surface area (Å²) < 4.78 is 0. The largest absolute Gasteiger partial charge is 0.388 e. The van der Waals surface area contributed by atoms with Gasteiger partial charge in [0, 0.05) is 12.6 Å². The summed E-state index contributed by atoms with van der Waals surface area (Å²) in [5, 5.41) is 13.4. The lowest BCUT2D eigenvalue weighted by Gasteiger charge is -2.37. The van der Waals surface area contributed by atoms with E-state index in [1.165, 1.54) is 12.8 Å². The first-order valence-corrected chi connectivity index (χ1v) is 4.79. The van der Waals surface area contributed by atoms with Crippen molar-refractivity contribution in [1.82, 2.24) is 5.32 Å². The summed E-state index contributed by atoms with van der Waals surface area (Å²) >= 11 is 0. The van der Waals surface area contributed by atoms with Crippen LogP contribution in [0.1, 0.15) is 40.5 Å². The molecule has 0 heterocycles. The molecule has 0 spiro atoms. The van der Waals surface area contributed by atoms with E-state index in [9.17, 15) is 5.11 Å². The van der Waals surface area contributed by atoms with E-state index in [1.54, 1.807) is 0 Å². The smallest absolute Gasteiger partial charge is 0.0791 e. The van der Waals surface area contributed by atoms with Crippen LogP contribution in [0.15, 0.2) is 0 Å². The fourth-order valence-electron chi connectivity index (χ4n) is 0.896. The van der Waals surface area contributed by atoms with E-state index >= 15 is 0 Å². The molecule has 1 saturated carbocycles. The normalized spacial score (nSPS) is 23.8. The highest BCUT2D eigenvalue weighted by Crippen LogP contribution is 2.30. The Hall–Kier alpha value is -0.0800. The summed E-state index contributed by atoms with van der Waals surface area (Å²) in [5.74, 6) is 0. The van der Waals surface area contributed by atoms with Crippen molar-refractivity contribution in [3.05, 3.63) is 0 Å². The van der Waals surface area contributed by atoms with Gasteiger partial charge in [-0.05, 0) is 25.2 Å². The predicted octanol–water partition coefficient (Wildman–Crippen LogP) is 1.54. The Labute approximate surface area is 75.4 Å². The van der Waals surface area contributed by atoms with Crippen molar-refractivity contribution in [2.45, 2.75) is 52.2 Å². The quantitative estimate of drug-likeness (QED) is 0.675. The molecule has 1 aliphatic rings. The molecule has 1 atom stereocenters. The maximum Gasteiger partial charge on any atom is 0.0791 e. The summed E-state index contributed by atoms with van der Waals surface area (Å²) in [6, 6.07) is 0.679. The lowest BCUT2D eigenvalue weighted by Crippen LogP contribution is -2.48. The second-order valence-corrected chi connectivity index (χ2v) is 5.18. The van der Waals surface area contributed by atoms with Crippen LogP contribution in [0.4, 0.5) is 0 Å². The summed E-state index contributed by atoms with van der Waals surface area (Å²) in [7, 11) is 0. The molecular formula is C10H21NO. The number of nitrogens with one attached hydrogen (secondary N) is 1. The predicted molar refractivity (Wildman–Crippen MR) is 51.1 cm³/mol. The molecular weight excluding hydrogens is 150 g/mol. The zero-order valence-electron chi connectivity index (χ0n) is 8.65. The van der Waals surface area contributed by atoms with Crippen molar-refractivity contribution in [1.29, 1.82) is 0 Å². The van der Waals surface area contributed by atoms with Gasteiger partial charge in [-0.3, -0.25) is 0 Å². The molecule has 72 valence electrons. The molecule has 12 heavy (non-hydrogen) atoms. The first-order chi connectivity index (χ1) is 5.33. The van der Waals surface area contributed by atoms with Gasteiger partial charge in [-0.1, -0.05) is 20.8 Å². The average molecular weight is 171 g/mol. The van der Waals surface area contributed by atoms with Gasteiger partial charge in [0.1, 0.15) is 0 Å². The van der Waals surface area contributed by atoms with Gasteiger partial charge in [0.05, 0.1) is 5.60 Å². The molecule has 2 nitrogen and oxygen atoms in total. The highest BCUT2D eigenvalue weighted by molar-refractivity contribution is 4.91. The molecule has 2 heteroatoms. The van der Waals surface area contributed by atoms with Gasteiger partial charge in [-0.15, -0.1) is 0 Å².